The molecule has 42 heavy (non-hydrogen) atoms. The third-order valence-corrected chi connectivity index (χ3v) is 9.24. The van der Waals surface area contributed by atoms with Crippen LogP contribution in [0, 0.1) is 19.8 Å². The maximum atomic E-state index is 13.7. The van der Waals surface area contributed by atoms with Gasteiger partial charge in [-0.1, -0.05) is 23.7 Å². The van der Waals surface area contributed by atoms with E-state index in [1.54, 1.807) is 32.9 Å². The number of ether oxygens (including phenoxy) is 1. The number of aliphatic hydroxyl groups is 1. The van der Waals surface area contributed by atoms with Crippen LogP contribution >= 0.6 is 11.6 Å². The van der Waals surface area contributed by atoms with Gasteiger partial charge in [0.2, 0.25) is 10.0 Å². The molecule has 14 heteroatoms. The number of sulfonamides is 1. The van der Waals surface area contributed by atoms with Gasteiger partial charge in [0, 0.05) is 30.2 Å². The van der Waals surface area contributed by atoms with E-state index < -0.39 is 34.1 Å². The fourth-order valence-corrected chi connectivity index (χ4v) is 5.90. The van der Waals surface area contributed by atoms with Crippen LogP contribution < -0.4 is 15.4 Å². The lowest BCUT2D eigenvalue weighted by Gasteiger charge is -2.38. The molecule has 226 valence electrons. The van der Waals surface area contributed by atoms with Crippen molar-refractivity contribution in [3.63, 3.8) is 0 Å². The van der Waals surface area contributed by atoms with E-state index >= 15 is 0 Å². The Hall–Kier alpha value is -3.65. The van der Waals surface area contributed by atoms with Gasteiger partial charge in [-0.05, 0) is 63.2 Å². The van der Waals surface area contributed by atoms with Gasteiger partial charge in [-0.3, -0.25) is 4.79 Å². The highest BCUT2D eigenvalue weighted by Gasteiger charge is 2.35. The summed E-state index contributed by atoms with van der Waals surface area (Å²) in [6.07, 6.45) is -0.654. The number of benzene rings is 2. The molecule has 0 spiro atoms. The monoisotopic (exact) mass is 619 g/mol. The molecule has 3 aromatic rings. The fourth-order valence-electron chi connectivity index (χ4n) is 4.59. The molecule has 2 heterocycles. The summed E-state index contributed by atoms with van der Waals surface area (Å²) in [6.45, 7) is 6.85. The highest BCUT2D eigenvalue weighted by atomic mass is 35.5. The van der Waals surface area contributed by atoms with E-state index in [0.717, 1.165) is 0 Å². The van der Waals surface area contributed by atoms with E-state index in [2.05, 4.69) is 15.8 Å². The van der Waals surface area contributed by atoms with Gasteiger partial charge >= 0.3 is 6.03 Å². The normalized spacial score (nSPS) is 18.1. The van der Waals surface area contributed by atoms with Gasteiger partial charge in [0.15, 0.2) is 5.76 Å². The van der Waals surface area contributed by atoms with Crippen LogP contribution in [0.25, 0.3) is 0 Å². The second-order valence-corrected chi connectivity index (χ2v) is 12.8. The smallest absolute Gasteiger partial charge is 0.323 e. The Morgan fingerprint density at radius 2 is 1.90 bits per heavy atom. The molecule has 4 rings (SSSR count). The van der Waals surface area contributed by atoms with Crippen molar-refractivity contribution in [2.24, 2.45) is 5.92 Å². The second kappa shape index (κ2) is 12.7. The average molecular weight is 620 g/mol. The first-order valence-electron chi connectivity index (χ1n) is 13.3. The number of nitrogens with zero attached hydrogens (tertiary/aromatic N) is 3. The number of aryl methyl sites for hydroxylation is 2. The van der Waals surface area contributed by atoms with E-state index in [9.17, 15) is 23.1 Å². The summed E-state index contributed by atoms with van der Waals surface area (Å²) in [5.41, 5.74) is 1.43. The average Bonchev–Trinajstić information content (AvgIpc) is 3.26. The third kappa shape index (κ3) is 6.70. The predicted molar refractivity (Wildman–Crippen MR) is 157 cm³/mol. The molecule has 0 fully saturated rings. The minimum absolute atomic E-state index is 0.0129. The fraction of sp³-hybridized carbons (Fsp3) is 0.393. The van der Waals surface area contributed by atoms with Crippen LogP contribution in [0.3, 0.4) is 0 Å². The summed E-state index contributed by atoms with van der Waals surface area (Å²) in [7, 11) is -2.40. The van der Waals surface area contributed by atoms with Gasteiger partial charge < -0.3 is 29.9 Å². The van der Waals surface area contributed by atoms with Crippen LogP contribution in [-0.4, -0.2) is 78.7 Å². The van der Waals surface area contributed by atoms with E-state index in [-0.39, 0.29) is 41.8 Å². The van der Waals surface area contributed by atoms with Gasteiger partial charge in [-0.2, -0.15) is 4.31 Å². The first-order chi connectivity index (χ1) is 19.8. The SMILES string of the molecule is Cc1noc(C)c1NC(=O)Nc1ccc2c(c1)C(=O)N([C@H](C)CO)C[C@@H](C)[C@@H](CN(C)S(=O)(=O)c1ccc(Cl)cc1)O2. The standard InChI is InChI=1S/C28H34ClN5O7S/c1-16-13-34(17(2)15-35)27(36)23-12-21(30-28(37)31-26-18(3)32-41-19(26)4)8-11-24(23)40-25(16)14-33(5)42(38,39)22-9-6-20(29)7-10-22/h6-12,16-17,25,35H,13-15H2,1-5H3,(H2,30,31,37)/t16-,17-,25-/m1/s1. The highest BCUT2D eigenvalue weighted by molar-refractivity contribution is 7.89. The Morgan fingerprint density at radius 3 is 2.52 bits per heavy atom. The maximum absolute atomic E-state index is 13.7. The highest BCUT2D eigenvalue weighted by Crippen LogP contribution is 2.31. The summed E-state index contributed by atoms with van der Waals surface area (Å²) < 4.78 is 39.1. The lowest BCUT2D eigenvalue weighted by molar-refractivity contribution is 0.0387. The van der Waals surface area contributed by atoms with Gasteiger partial charge in [-0.25, -0.2) is 13.2 Å². The minimum atomic E-state index is -3.86. The molecule has 1 aromatic heterocycles. The second-order valence-electron chi connectivity index (χ2n) is 10.4. The lowest BCUT2D eigenvalue weighted by atomic mass is 9.99. The molecule has 0 aliphatic carbocycles. The zero-order chi connectivity index (χ0) is 30.8. The van der Waals surface area contributed by atoms with Crippen LogP contribution in [0.1, 0.15) is 35.7 Å². The number of rotatable bonds is 8. The zero-order valence-electron chi connectivity index (χ0n) is 23.9. The van der Waals surface area contributed by atoms with E-state index in [4.69, 9.17) is 20.9 Å². The molecular weight excluding hydrogens is 586 g/mol. The molecule has 0 radical (unpaired) electrons. The topological polar surface area (TPSA) is 154 Å². The van der Waals surface area contributed by atoms with Gasteiger partial charge in [0.25, 0.3) is 5.91 Å². The van der Waals surface area contributed by atoms with Gasteiger partial charge in [0.1, 0.15) is 23.2 Å². The van der Waals surface area contributed by atoms with E-state index in [1.165, 1.54) is 46.6 Å². The van der Waals surface area contributed by atoms with Crippen LogP contribution in [0.5, 0.6) is 5.75 Å². The maximum Gasteiger partial charge on any atom is 0.323 e. The number of nitrogens with one attached hydrogen (secondary N) is 2. The van der Waals surface area contributed by atoms with Crippen LogP contribution in [0.2, 0.25) is 5.02 Å². The molecule has 1 aliphatic heterocycles. The molecule has 12 nitrogen and oxygen atoms in total. The lowest BCUT2D eigenvalue weighted by Crippen LogP contribution is -2.50. The van der Waals surface area contributed by atoms with Gasteiger partial charge in [0.05, 0.1) is 29.7 Å². The van der Waals surface area contributed by atoms with Crippen molar-refractivity contribution in [3.05, 3.63) is 64.5 Å². The number of aromatic nitrogens is 1. The van der Waals surface area contributed by atoms with E-state index in [0.29, 0.717) is 27.9 Å². The number of urea groups is 1. The van der Waals surface area contributed by atoms with Crippen molar-refractivity contribution in [2.45, 2.75) is 44.7 Å². The first kappa shape index (κ1) is 31.3. The van der Waals surface area contributed by atoms with Gasteiger partial charge in [-0.15, -0.1) is 0 Å². The number of hydrogen-bond acceptors (Lipinski definition) is 8. The summed E-state index contributed by atoms with van der Waals surface area (Å²) in [6, 6.07) is 9.42. The number of carbonyl (C=O) groups excluding carboxylic acids is 2. The summed E-state index contributed by atoms with van der Waals surface area (Å²) >= 11 is 5.93. The number of halogens is 1. The number of hydrogen-bond donors (Lipinski definition) is 3. The Labute approximate surface area is 249 Å². The third-order valence-electron chi connectivity index (χ3n) is 7.15. The number of amides is 3. The van der Waals surface area contributed by atoms with Crippen molar-refractivity contribution < 1.29 is 32.4 Å². The summed E-state index contributed by atoms with van der Waals surface area (Å²) in [5.74, 6) is -0.0340. The van der Waals surface area contributed by atoms with Crippen LogP contribution in [0.4, 0.5) is 16.2 Å². The largest absolute Gasteiger partial charge is 0.488 e. The quantitative estimate of drug-likeness (QED) is 0.340. The number of fused-ring (bicyclic) bond motifs is 1. The van der Waals surface area contributed by atoms with E-state index in [1.807, 2.05) is 6.92 Å². The molecule has 0 saturated carbocycles. The molecule has 0 saturated heterocycles. The molecule has 3 atom stereocenters. The molecule has 2 aromatic carbocycles. The molecule has 3 amide bonds. The predicted octanol–water partition coefficient (Wildman–Crippen LogP) is 4.13. The molecular formula is C28H34ClN5O7S. The molecule has 0 unspecified atom stereocenters. The summed E-state index contributed by atoms with van der Waals surface area (Å²) in [4.78, 5) is 28.0. The molecule has 3 N–H and O–H groups in total. The van der Waals surface area contributed by atoms with Crippen molar-refractivity contribution in [3.8, 4) is 5.75 Å². The minimum Gasteiger partial charge on any atom is -0.488 e. The van der Waals surface area contributed by atoms with Crippen molar-refractivity contribution in [2.75, 3.05) is 37.4 Å². The Morgan fingerprint density at radius 1 is 1.21 bits per heavy atom. The summed E-state index contributed by atoms with van der Waals surface area (Å²) in [5, 5.41) is 19.5. The first-order valence-corrected chi connectivity index (χ1v) is 15.1. The van der Waals surface area contributed by atoms with Crippen LogP contribution in [-0.2, 0) is 10.0 Å². The van der Waals surface area contributed by atoms with Crippen LogP contribution in [0.15, 0.2) is 51.9 Å². The number of likely N-dealkylation sites (N-methyl/N-ethyl adjacent to an activating group) is 1. The Balaban J connectivity index is 1.62. The number of aliphatic hydroxyl groups excluding tert-OH is 1. The number of carbonyl (C=O) groups is 2. The Kier molecular flexibility index (Phi) is 9.46. The zero-order valence-corrected chi connectivity index (χ0v) is 25.5. The molecule has 1 aliphatic rings. The van der Waals surface area contributed by atoms with Crippen molar-refractivity contribution in [1.29, 1.82) is 0 Å². The molecule has 0 bridgehead atoms. The van der Waals surface area contributed by atoms with Crippen molar-refractivity contribution in [1.82, 2.24) is 14.4 Å². The number of anilines is 2. The Bertz CT molecular complexity index is 1540. The van der Waals surface area contributed by atoms with Crippen molar-refractivity contribution >= 4 is 44.9 Å².